The van der Waals surface area contributed by atoms with E-state index in [1.165, 1.54) is 16.2 Å². The lowest BCUT2D eigenvalue weighted by molar-refractivity contribution is -0.230. The Bertz CT molecular complexity index is 749. The van der Waals surface area contributed by atoms with E-state index in [1.807, 2.05) is 6.07 Å². The van der Waals surface area contributed by atoms with Crippen molar-refractivity contribution >= 4 is 34.7 Å². The van der Waals surface area contributed by atoms with Crippen LogP contribution in [0.5, 0.6) is 0 Å². The topological polar surface area (TPSA) is 90.2 Å². The van der Waals surface area contributed by atoms with E-state index in [2.05, 4.69) is 31.2 Å². The molecular formula is C19H23ClO5S2. The highest BCUT2D eigenvalue weighted by atomic mass is 35.5. The van der Waals surface area contributed by atoms with Crippen molar-refractivity contribution in [3.05, 3.63) is 50.7 Å². The minimum atomic E-state index is -1.39. The van der Waals surface area contributed by atoms with Crippen LogP contribution < -0.4 is 0 Å². The fourth-order valence-electron chi connectivity index (χ4n) is 3.11. The Morgan fingerprint density at radius 1 is 1.11 bits per heavy atom. The van der Waals surface area contributed by atoms with Gasteiger partial charge in [-0.25, -0.2) is 0 Å². The number of ether oxygens (including phenoxy) is 1. The number of rotatable bonds is 6. The maximum absolute atomic E-state index is 10.3. The second-order valence-electron chi connectivity index (χ2n) is 6.45. The average Bonchev–Trinajstić information content (AvgIpc) is 3.02. The summed E-state index contributed by atoms with van der Waals surface area (Å²) >= 11 is 9.45. The summed E-state index contributed by atoms with van der Waals surface area (Å²) in [4.78, 5) is 1.88. The van der Waals surface area contributed by atoms with Crippen molar-refractivity contribution in [2.75, 3.05) is 12.4 Å². The molecule has 0 radical (unpaired) electrons. The van der Waals surface area contributed by atoms with Crippen molar-refractivity contribution in [2.45, 2.75) is 48.8 Å². The molecule has 5 atom stereocenters. The molecule has 4 N–H and O–H groups in total. The van der Waals surface area contributed by atoms with Crippen molar-refractivity contribution in [1.82, 2.24) is 0 Å². The molecule has 27 heavy (non-hydrogen) atoms. The molecule has 1 saturated heterocycles. The SMILES string of the molecule is CCSc1ccc(Cc2cc([C@@H]3O[C@H](CO)[C@@H](O)[C@H](O)[C@H]3O)sc2Cl)cc1. The molecular weight excluding hydrogens is 408 g/mol. The van der Waals surface area contributed by atoms with Gasteiger partial charge in [0, 0.05) is 9.77 Å². The molecule has 1 aromatic heterocycles. The number of aliphatic hydroxyl groups is 4. The fourth-order valence-corrected chi connectivity index (χ4v) is 5.15. The smallest absolute Gasteiger partial charge is 0.121 e. The summed E-state index contributed by atoms with van der Waals surface area (Å²) in [6.45, 7) is 1.67. The molecule has 2 aromatic rings. The fraction of sp³-hybridized carbons (Fsp3) is 0.474. The second kappa shape index (κ2) is 9.24. The van der Waals surface area contributed by atoms with Gasteiger partial charge in [-0.05, 0) is 41.5 Å². The van der Waals surface area contributed by atoms with Gasteiger partial charge in [0.25, 0.3) is 0 Å². The lowest BCUT2D eigenvalue weighted by Gasteiger charge is -2.39. The number of hydrogen-bond donors (Lipinski definition) is 4. The highest BCUT2D eigenvalue weighted by Crippen LogP contribution is 2.39. The summed E-state index contributed by atoms with van der Waals surface area (Å²) in [7, 11) is 0. The summed E-state index contributed by atoms with van der Waals surface area (Å²) < 4.78 is 6.21. The molecule has 1 fully saturated rings. The molecule has 5 nitrogen and oxygen atoms in total. The van der Waals surface area contributed by atoms with E-state index in [0.717, 1.165) is 16.9 Å². The van der Waals surface area contributed by atoms with Gasteiger partial charge in [-0.15, -0.1) is 23.1 Å². The predicted octanol–water partition coefficient (Wildman–Crippen LogP) is 2.62. The molecule has 1 aromatic carbocycles. The predicted molar refractivity (Wildman–Crippen MR) is 108 cm³/mol. The van der Waals surface area contributed by atoms with Crippen LogP contribution in [0.15, 0.2) is 35.2 Å². The van der Waals surface area contributed by atoms with Gasteiger partial charge in [0.2, 0.25) is 0 Å². The van der Waals surface area contributed by atoms with Crippen LogP contribution in [0.1, 0.15) is 29.0 Å². The zero-order valence-electron chi connectivity index (χ0n) is 14.8. The van der Waals surface area contributed by atoms with Crippen molar-refractivity contribution in [3.63, 3.8) is 0 Å². The van der Waals surface area contributed by atoms with Crippen molar-refractivity contribution in [1.29, 1.82) is 0 Å². The first-order valence-electron chi connectivity index (χ1n) is 8.75. The number of thiophene rings is 1. The number of aliphatic hydroxyl groups excluding tert-OH is 4. The summed E-state index contributed by atoms with van der Waals surface area (Å²) in [5.41, 5.74) is 2.03. The summed E-state index contributed by atoms with van der Waals surface area (Å²) in [6.07, 6.45) is -5.19. The monoisotopic (exact) mass is 430 g/mol. The molecule has 148 valence electrons. The molecule has 0 unspecified atom stereocenters. The third-order valence-electron chi connectivity index (χ3n) is 4.58. The van der Waals surface area contributed by atoms with Gasteiger partial charge in [-0.3, -0.25) is 0 Å². The van der Waals surface area contributed by atoms with E-state index in [1.54, 1.807) is 11.8 Å². The van der Waals surface area contributed by atoms with Gasteiger partial charge < -0.3 is 25.2 Å². The summed E-state index contributed by atoms with van der Waals surface area (Å²) in [5.74, 6) is 1.03. The van der Waals surface area contributed by atoms with Crippen LogP contribution in [0.4, 0.5) is 0 Å². The first-order valence-corrected chi connectivity index (χ1v) is 10.9. The molecule has 0 aliphatic carbocycles. The van der Waals surface area contributed by atoms with Gasteiger partial charge in [0.05, 0.1) is 10.9 Å². The van der Waals surface area contributed by atoms with Gasteiger partial charge >= 0.3 is 0 Å². The summed E-state index contributed by atoms with van der Waals surface area (Å²) in [6, 6.07) is 10.2. The van der Waals surface area contributed by atoms with Gasteiger partial charge in [-0.2, -0.15) is 0 Å². The highest BCUT2D eigenvalue weighted by molar-refractivity contribution is 7.99. The quantitative estimate of drug-likeness (QED) is 0.527. The molecule has 1 aliphatic rings. The van der Waals surface area contributed by atoms with Crippen molar-refractivity contribution in [2.24, 2.45) is 0 Å². The van der Waals surface area contributed by atoms with E-state index in [4.69, 9.17) is 16.3 Å². The van der Waals surface area contributed by atoms with Gasteiger partial charge in [0.1, 0.15) is 30.5 Å². The third kappa shape index (κ3) is 4.68. The molecule has 2 heterocycles. The number of thioether (sulfide) groups is 1. The molecule has 0 bridgehead atoms. The average molecular weight is 431 g/mol. The van der Waals surface area contributed by atoms with Gasteiger partial charge in [-0.1, -0.05) is 30.7 Å². The number of halogens is 1. The van der Waals surface area contributed by atoms with Crippen molar-refractivity contribution in [3.8, 4) is 0 Å². The van der Waals surface area contributed by atoms with E-state index in [0.29, 0.717) is 15.6 Å². The lowest BCUT2D eigenvalue weighted by atomic mass is 9.94. The van der Waals surface area contributed by atoms with E-state index < -0.39 is 37.1 Å². The Balaban J connectivity index is 1.77. The van der Waals surface area contributed by atoms with E-state index in [9.17, 15) is 20.4 Å². The minimum Gasteiger partial charge on any atom is -0.394 e. The largest absolute Gasteiger partial charge is 0.394 e. The third-order valence-corrected chi connectivity index (χ3v) is 6.97. The molecule has 1 aliphatic heterocycles. The molecule has 8 heteroatoms. The zero-order valence-corrected chi connectivity index (χ0v) is 17.2. The Morgan fingerprint density at radius 3 is 2.44 bits per heavy atom. The number of benzene rings is 1. The molecule has 3 rings (SSSR count). The van der Waals surface area contributed by atoms with Crippen molar-refractivity contribution < 1.29 is 25.2 Å². The first-order chi connectivity index (χ1) is 12.9. The lowest BCUT2D eigenvalue weighted by Crippen LogP contribution is -2.55. The second-order valence-corrected chi connectivity index (χ2v) is 9.47. The standard InChI is InChI=1S/C19H23ClO5S2/c1-2-26-12-5-3-10(4-6-12)7-11-8-14(27-19(11)20)18-17(24)16(23)15(22)13(9-21)25-18/h3-6,8,13,15-18,21-24H,2,7,9H2,1H3/t13-,15-,16+,17-,18+/m1/s1. The van der Waals surface area contributed by atoms with Crippen LogP contribution in [-0.2, 0) is 11.2 Å². The highest BCUT2D eigenvalue weighted by Gasteiger charge is 2.44. The zero-order chi connectivity index (χ0) is 19.6. The molecule has 0 spiro atoms. The van der Waals surface area contributed by atoms with E-state index >= 15 is 0 Å². The van der Waals surface area contributed by atoms with Crippen LogP contribution in [0.25, 0.3) is 0 Å². The summed E-state index contributed by atoms with van der Waals surface area (Å²) in [5, 5.41) is 39.5. The molecule has 0 saturated carbocycles. The Kier molecular flexibility index (Phi) is 7.21. The normalized spacial score (nSPS) is 28.4. The Labute approximate surface area is 171 Å². The van der Waals surface area contributed by atoms with Crippen LogP contribution in [-0.4, -0.2) is 57.2 Å². The van der Waals surface area contributed by atoms with Crippen LogP contribution in [0.2, 0.25) is 4.34 Å². The van der Waals surface area contributed by atoms with E-state index in [-0.39, 0.29) is 0 Å². The van der Waals surface area contributed by atoms with Crippen LogP contribution >= 0.6 is 34.7 Å². The maximum atomic E-state index is 10.3. The minimum absolute atomic E-state index is 0.449. The Hall–Kier alpha value is -0.640. The van der Waals surface area contributed by atoms with Gasteiger partial charge in [0.15, 0.2) is 0 Å². The van der Waals surface area contributed by atoms with Crippen LogP contribution in [0.3, 0.4) is 0 Å². The maximum Gasteiger partial charge on any atom is 0.121 e. The number of hydrogen-bond acceptors (Lipinski definition) is 7. The Morgan fingerprint density at radius 2 is 1.81 bits per heavy atom. The molecule has 0 amide bonds. The first kappa shape index (κ1) is 21.1. The van der Waals surface area contributed by atoms with Crippen LogP contribution in [0, 0.1) is 0 Å².